The molecule has 0 unspecified atom stereocenters. The number of carbonyl (C=O) groups excluding carboxylic acids is 1. The summed E-state index contributed by atoms with van der Waals surface area (Å²) in [7, 11) is 0. The highest BCUT2D eigenvalue weighted by molar-refractivity contribution is 5.96. The van der Waals surface area contributed by atoms with Gasteiger partial charge >= 0.3 is 12.1 Å². The van der Waals surface area contributed by atoms with Crippen molar-refractivity contribution in [2.75, 3.05) is 48.3 Å². The number of aromatic nitrogens is 1. The Morgan fingerprint density at radius 3 is 2.42 bits per heavy atom. The fourth-order valence-electron chi connectivity index (χ4n) is 4.77. The first-order valence-corrected chi connectivity index (χ1v) is 12.0. The van der Waals surface area contributed by atoms with Crippen molar-refractivity contribution in [2.45, 2.75) is 32.0 Å². The molecule has 5 rings (SSSR count). The summed E-state index contributed by atoms with van der Waals surface area (Å²) in [6.45, 7) is 4.02. The number of nitrogens with zero attached hydrogens (tertiary/aromatic N) is 3. The summed E-state index contributed by atoms with van der Waals surface area (Å²) in [4.78, 5) is 29.5. The predicted octanol–water partition coefficient (Wildman–Crippen LogP) is 4.44. The standard InChI is InChI=1S/C26H27F3N4O3/c1-2-36-25(35)20-15-33(17-6-7-17)22-14-23(21(30)13-19(22)24(20)34)32-10-8-31(9-11-32)18-5-3-4-16(12-18)26(27,28)29/h3-5,12-15,17H,2,6-11,30H2,1H3. The molecule has 3 aromatic rings. The highest BCUT2D eigenvalue weighted by Gasteiger charge is 2.32. The number of fused-ring (bicyclic) bond motifs is 1. The van der Waals surface area contributed by atoms with Crippen molar-refractivity contribution in [1.29, 1.82) is 0 Å². The number of esters is 1. The Hall–Kier alpha value is -3.69. The summed E-state index contributed by atoms with van der Waals surface area (Å²) in [6.07, 6.45) is -0.890. The van der Waals surface area contributed by atoms with Gasteiger partial charge in [-0.3, -0.25) is 4.79 Å². The van der Waals surface area contributed by atoms with Gasteiger partial charge < -0.3 is 24.8 Å². The Labute approximate surface area is 205 Å². The van der Waals surface area contributed by atoms with Gasteiger partial charge in [-0.1, -0.05) is 6.07 Å². The number of hydrogen-bond donors (Lipinski definition) is 1. The number of piperazine rings is 1. The summed E-state index contributed by atoms with van der Waals surface area (Å²) >= 11 is 0. The van der Waals surface area contributed by atoms with Crippen LogP contribution in [0.4, 0.5) is 30.2 Å². The van der Waals surface area contributed by atoms with Gasteiger partial charge in [0.25, 0.3) is 0 Å². The van der Waals surface area contributed by atoms with Gasteiger partial charge in [0.1, 0.15) is 5.56 Å². The largest absolute Gasteiger partial charge is 0.462 e. The van der Waals surface area contributed by atoms with E-state index in [-0.39, 0.29) is 18.2 Å². The van der Waals surface area contributed by atoms with Crippen molar-refractivity contribution in [3.63, 3.8) is 0 Å². The lowest BCUT2D eigenvalue weighted by Gasteiger charge is -2.38. The fraction of sp³-hybridized carbons (Fsp3) is 0.385. The van der Waals surface area contributed by atoms with Crippen molar-refractivity contribution in [2.24, 2.45) is 0 Å². The summed E-state index contributed by atoms with van der Waals surface area (Å²) in [5.74, 6) is -0.646. The van der Waals surface area contributed by atoms with E-state index in [0.29, 0.717) is 48.5 Å². The van der Waals surface area contributed by atoms with Crippen molar-refractivity contribution < 1.29 is 22.7 Å². The second-order valence-electron chi connectivity index (χ2n) is 9.18. The molecule has 0 atom stereocenters. The minimum Gasteiger partial charge on any atom is -0.462 e. The van der Waals surface area contributed by atoms with Gasteiger partial charge in [-0.05, 0) is 50.1 Å². The van der Waals surface area contributed by atoms with E-state index in [1.54, 1.807) is 25.3 Å². The second kappa shape index (κ2) is 9.07. The van der Waals surface area contributed by atoms with Crippen LogP contribution >= 0.6 is 0 Å². The van der Waals surface area contributed by atoms with Crippen LogP contribution in [0, 0.1) is 0 Å². The Balaban J connectivity index is 1.44. The Morgan fingerprint density at radius 2 is 1.78 bits per heavy atom. The zero-order valence-electron chi connectivity index (χ0n) is 19.8. The highest BCUT2D eigenvalue weighted by atomic mass is 19.4. The van der Waals surface area contributed by atoms with Gasteiger partial charge in [0.05, 0.1) is 29.1 Å². The van der Waals surface area contributed by atoms with Crippen molar-refractivity contribution in [1.82, 2.24) is 4.57 Å². The molecule has 2 fully saturated rings. The number of ether oxygens (including phenoxy) is 1. The summed E-state index contributed by atoms with van der Waals surface area (Å²) in [6, 6.07) is 9.07. The quantitative estimate of drug-likeness (QED) is 0.412. The molecule has 2 heterocycles. The van der Waals surface area contributed by atoms with Gasteiger partial charge in [0, 0.05) is 49.5 Å². The van der Waals surface area contributed by atoms with E-state index >= 15 is 0 Å². The van der Waals surface area contributed by atoms with Crippen molar-refractivity contribution >= 4 is 33.9 Å². The van der Waals surface area contributed by atoms with E-state index in [9.17, 15) is 22.8 Å². The minimum atomic E-state index is -4.39. The van der Waals surface area contributed by atoms with Gasteiger partial charge in [0.2, 0.25) is 5.43 Å². The molecule has 10 heteroatoms. The molecule has 0 amide bonds. The predicted molar refractivity (Wildman–Crippen MR) is 133 cm³/mol. The number of pyridine rings is 1. The monoisotopic (exact) mass is 500 g/mol. The molecule has 1 saturated carbocycles. The van der Waals surface area contributed by atoms with E-state index in [1.165, 1.54) is 12.1 Å². The van der Waals surface area contributed by atoms with E-state index < -0.39 is 23.1 Å². The van der Waals surface area contributed by atoms with Gasteiger partial charge in [-0.15, -0.1) is 0 Å². The third-order valence-electron chi connectivity index (χ3n) is 6.78. The SMILES string of the molecule is CCOC(=O)c1cn(C2CC2)c2cc(N3CCN(c4cccc(C(F)(F)F)c4)CC3)c(N)cc2c1=O. The summed E-state index contributed by atoms with van der Waals surface area (Å²) < 4.78 is 46.4. The van der Waals surface area contributed by atoms with Crippen LogP contribution in [0.2, 0.25) is 0 Å². The van der Waals surface area contributed by atoms with Crippen LogP contribution in [0.3, 0.4) is 0 Å². The molecular formula is C26H27F3N4O3. The molecule has 1 saturated heterocycles. The number of alkyl halides is 3. The zero-order valence-corrected chi connectivity index (χ0v) is 19.8. The second-order valence-corrected chi connectivity index (χ2v) is 9.18. The van der Waals surface area contributed by atoms with Crippen molar-refractivity contribution in [3.8, 4) is 0 Å². The number of carbonyl (C=O) groups is 1. The van der Waals surface area contributed by atoms with E-state index in [2.05, 4.69) is 4.90 Å². The lowest BCUT2D eigenvalue weighted by molar-refractivity contribution is -0.137. The molecule has 0 radical (unpaired) electrons. The smallest absolute Gasteiger partial charge is 0.416 e. The molecule has 0 bridgehead atoms. The molecule has 0 spiro atoms. The molecule has 36 heavy (non-hydrogen) atoms. The van der Waals surface area contributed by atoms with E-state index in [0.717, 1.165) is 24.6 Å². The van der Waals surface area contributed by atoms with Crippen LogP contribution in [-0.2, 0) is 10.9 Å². The molecular weight excluding hydrogens is 473 g/mol. The molecule has 1 aliphatic heterocycles. The molecule has 2 aliphatic rings. The lowest BCUT2D eigenvalue weighted by Crippen LogP contribution is -2.46. The lowest BCUT2D eigenvalue weighted by atomic mass is 10.1. The number of nitrogen functional groups attached to an aromatic ring is 1. The first-order valence-electron chi connectivity index (χ1n) is 12.0. The van der Waals surface area contributed by atoms with Gasteiger partial charge in [-0.25, -0.2) is 4.79 Å². The minimum absolute atomic E-state index is 0.00176. The number of anilines is 3. The fourth-order valence-corrected chi connectivity index (χ4v) is 4.77. The first kappa shape index (κ1) is 24.0. The molecule has 1 aliphatic carbocycles. The van der Waals surface area contributed by atoms with Gasteiger partial charge in [-0.2, -0.15) is 13.2 Å². The third kappa shape index (κ3) is 4.47. The van der Waals surface area contributed by atoms with E-state index in [1.807, 2.05) is 15.5 Å². The van der Waals surface area contributed by atoms with Crippen LogP contribution in [0.15, 0.2) is 47.4 Å². The average molecular weight is 501 g/mol. The van der Waals surface area contributed by atoms with E-state index in [4.69, 9.17) is 10.5 Å². The van der Waals surface area contributed by atoms with Crippen LogP contribution in [0.1, 0.15) is 41.7 Å². The Morgan fingerprint density at radius 1 is 1.08 bits per heavy atom. The summed E-state index contributed by atoms with van der Waals surface area (Å²) in [5.41, 5.74) is 7.73. The molecule has 2 aromatic carbocycles. The topological polar surface area (TPSA) is 80.8 Å². The number of hydrogen-bond acceptors (Lipinski definition) is 6. The normalized spacial score (nSPS) is 16.4. The molecule has 7 nitrogen and oxygen atoms in total. The highest BCUT2D eigenvalue weighted by Crippen LogP contribution is 2.39. The molecule has 1 aromatic heterocycles. The first-order chi connectivity index (χ1) is 17.2. The van der Waals surface area contributed by atoms with Crippen LogP contribution < -0.4 is 21.0 Å². The van der Waals surface area contributed by atoms with Crippen LogP contribution in [0.25, 0.3) is 10.9 Å². The Kier molecular flexibility index (Phi) is 6.05. The number of rotatable bonds is 5. The number of halogens is 3. The van der Waals surface area contributed by atoms with Crippen LogP contribution in [-0.4, -0.2) is 43.3 Å². The van der Waals surface area contributed by atoms with Crippen LogP contribution in [0.5, 0.6) is 0 Å². The van der Waals surface area contributed by atoms with Gasteiger partial charge in [0.15, 0.2) is 0 Å². The maximum Gasteiger partial charge on any atom is 0.416 e. The van der Waals surface area contributed by atoms with Crippen molar-refractivity contribution in [3.05, 3.63) is 63.9 Å². The maximum absolute atomic E-state index is 13.1. The Bertz CT molecular complexity index is 1370. The number of benzene rings is 2. The molecule has 190 valence electrons. The summed E-state index contributed by atoms with van der Waals surface area (Å²) in [5, 5.41) is 0.372. The third-order valence-corrected chi connectivity index (χ3v) is 6.78. The zero-order chi connectivity index (χ0) is 25.6. The molecule has 2 N–H and O–H groups in total. The number of nitrogens with two attached hydrogens (primary N) is 1. The maximum atomic E-state index is 13.1. The average Bonchev–Trinajstić information content (AvgIpc) is 3.69.